The number of anilines is 1. The first-order valence-electron chi connectivity index (χ1n) is 9.17. The summed E-state index contributed by atoms with van der Waals surface area (Å²) < 4.78 is 5.41. The van der Waals surface area contributed by atoms with Crippen molar-refractivity contribution in [2.24, 2.45) is 0 Å². The minimum Gasteiger partial charge on any atom is -0.452 e. The average Bonchev–Trinajstić information content (AvgIpc) is 2.97. The molecule has 1 amide bonds. The topological polar surface area (TPSA) is 46.6 Å². The van der Waals surface area contributed by atoms with Crippen molar-refractivity contribution in [1.29, 1.82) is 0 Å². The minimum atomic E-state index is -0.800. The lowest BCUT2D eigenvalue weighted by Crippen LogP contribution is -2.43. The van der Waals surface area contributed by atoms with Crippen LogP contribution in [0.25, 0.3) is 0 Å². The van der Waals surface area contributed by atoms with Gasteiger partial charge in [-0.15, -0.1) is 11.8 Å². The number of thioether (sulfide) groups is 1. The predicted octanol–water partition coefficient (Wildman–Crippen LogP) is 4.31. The smallest absolute Gasteiger partial charge is 0.317 e. The van der Waals surface area contributed by atoms with Crippen molar-refractivity contribution in [3.8, 4) is 0 Å². The van der Waals surface area contributed by atoms with Gasteiger partial charge in [-0.3, -0.25) is 9.59 Å². The van der Waals surface area contributed by atoms with Crippen LogP contribution in [0.4, 0.5) is 5.69 Å². The van der Waals surface area contributed by atoms with Gasteiger partial charge in [0.1, 0.15) is 0 Å². The fourth-order valence-corrected chi connectivity index (χ4v) is 4.10. The number of carbonyl (C=O) groups is 2. The van der Waals surface area contributed by atoms with E-state index >= 15 is 0 Å². The summed E-state index contributed by atoms with van der Waals surface area (Å²) in [5.74, 6) is -0.358. The molecule has 2 aromatic rings. The van der Waals surface area contributed by atoms with Crippen LogP contribution >= 0.6 is 11.8 Å². The summed E-state index contributed by atoms with van der Waals surface area (Å²) >= 11 is 1.43. The number of carbonyl (C=O) groups excluding carboxylic acids is 2. The quantitative estimate of drug-likeness (QED) is 0.570. The highest BCUT2D eigenvalue weighted by Gasteiger charge is 2.34. The molecule has 0 saturated carbocycles. The van der Waals surface area contributed by atoms with Crippen LogP contribution in [0.3, 0.4) is 0 Å². The van der Waals surface area contributed by atoms with Gasteiger partial charge in [-0.25, -0.2) is 0 Å². The molecule has 0 N–H and O–H groups in total. The molecule has 0 aliphatic carbocycles. The third kappa shape index (κ3) is 4.35. The van der Waals surface area contributed by atoms with E-state index in [9.17, 15) is 9.59 Å². The zero-order chi connectivity index (χ0) is 19.6. The predicted molar refractivity (Wildman–Crippen MR) is 109 cm³/mol. The van der Waals surface area contributed by atoms with Crippen LogP contribution in [0.2, 0.25) is 0 Å². The second kappa shape index (κ2) is 8.17. The summed E-state index contributed by atoms with van der Waals surface area (Å²) in [4.78, 5) is 27.8. The molecule has 4 nitrogen and oxygen atoms in total. The van der Waals surface area contributed by atoms with Gasteiger partial charge in [0.2, 0.25) is 0 Å². The molecule has 0 aromatic heterocycles. The highest BCUT2D eigenvalue weighted by Crippen LogP contribution is 2.32. The third-order valence-corrected chi connectivity index (χ3v) is 5.90. The number of para-hydroxylation sites is 1. The number of amides is 1. The Hall–Kier alpha value is -2.27. The number of hydrogen-bond acceptors (Lipinski definition) is 4. The Morgan fingerprint density at radius 2 is 1.93 bits per heavy atom. The van der Waals surface area contributed by atoms with E-state index in [1.807, 2.05) is 50.2 Å². The van der Waals surface area contributed by atoms with Crippen molar-refractivity contribution in [2.75, 3.05) is 10.7 Å². The molecule has 5 heteroatoms. The Kier molecular flexibility index (Phi) is 5.90. The Morgan fingerprint density at radius 3 is 2.67 bits per heavy atom. The van der Waals surface area contributed by atoms with Gasteiger partial charge < -0.3 is 9.64 Å². The van der Waals surface area contributed by atoms with Gasteiger partial charge in [-0.05, 0) is 69.0 Å². The lowest BCUT2D eigenvalue weighted by atomic mass is 10.1. The van der Waals surface area contributed by atoms with Crippen LogP contribution in [0, 0.1) is 13.8 Å². The Balaban J connectivity index is 1.58. The fourth-order valence-electron chi connectivity index (χ4n) is 3.32. The number of hydrogen-bond donors (Lipinski definition) is 0. The molecule has 142 valence electrons. The average molecular weight is 384 g/mol. The minimum absolute atomic E-state index is 0.0703. The summed E-state index contributed by atoms with van der Waals surface area (Å²) in [5, 5.41) is 0. The maximum Gasteiger partial charge on any atom is 0.317 e. The number of ether oxygens (including phenoxy) is 1. The van der Waals surface area contributed by atoms with Crippen molar-refractivity contribution >= 4 is 29.3 Å². The number of benzene rings is 2. The highest BCUT2D eigenvalue weighted by molar-refractivity contribution is 8.00. The molecule has 3 rings (SSSR count). The van der Waals surface area contributed by atoms with Crippen LogP contribution in [-0.4, -0.2) is 29.8 Å². The zero-order valence-corrected chi connectivity index (χ0v) is 17.0. The molecule has 0 radical (unpaired) electrons. The molecule has 1 aliphatic heterocycles. The molecule has 1 heterocycles. The lowest BCUT2D eigenvalue weighted by Gasteiger charge is -2.25. The van der Waals surface area contributed by atoms with Crippen molar-refractivity contribution in [2.45, 2.75) is 51.2 Å². The zero-order valence-electron chi connectivity index (χ0n) is 16.2. The standard InChI is InChI=1S/C22H25NO3S/c1-14-9-10-19(11-15(14)2)27-13-21(24)26-17(4)22(25)23-16(3)12-18-7-5-6-8-20(18)23/h5-11,16-17H,12-13H2,1-4H3/t16-,17-/m0/s1. The number of aryl methyl sites for hydroxylation is 2. The largest absolute Gasteiger partial charge is 0.452 e. The Labute approximate surface area is 164 Å². The van der Waals surface area contributed by atoms with Crippen LogP contribution < -0.4 is 4.90 Å². The van der Waals surface area contributed by atoms with E-state index in [0.29, 0.717) is 0 Å². The van der Waals surface area contributed by atoms with Gasteiger partial charge in [-0.2, -0.15) is 0 Å². The molecule has 0 saturated heterocycles. The number of rotatable bonds is 5. The molecular weight excluding hydrogens is 358 g/mol. The molecule has 2 atom stereocenters. The molecule has 0 fully saturated rings. The monoisotopic (exact) mass is 383 g/mol. The van der Waals surface area contributed by atoms with Crippen molar-refractivity contribution in [1.82, 2.24) is 0 Å². The summed E-state index contributed by atoms with van der Waals surface area (Å²) in [6.07, 6.45) is 0.0250. The second-order valence-electron chi connectivity index (χ2n) is 7.06. The summed E-state index contributed by atoms with van der Waals surface area (Å²) in [6, 6.07) is 14.1. The number of esters is 1. The van der Waals surface area contributed by atoms with E-state index < -0.39 is 6.10 Å². The first-order chi connectivity index (χ1) is 12.9. The van der Waals surface area contributed by atoms with Gasteiger partial charge in [0.25, 0.3) is 5.91 Å². The van der Waals surface area contributed by atoms with Crippen molar-refractivity contribution in [3.05, 3.63) is 59.2 Å². The van der Waals surface area contributed by atoms with Crippen molar-refractivity contribution < 1.29 is 14.3 Å². The maximum absolute atomic E-state index is 12.9. The maximum atomic E-state index is 12.9. The Morgan fingerprint density at radius 1 is 1.19 bits per heavy atom. The number of fused-ring (bicyclic) bond motifs is 1. The normalized spacial score (nSPS) is 16.7. The SMILES string of the molecule is Cc1ccc(SCC(=O)O[C@@H](C)C(=O)N2c3ccccc3C[C@@H]2C)cc1C. The molecule has 0 unspecified atom stereocenters. The first-order valence-corrected chi connectivity index (χ1v) is 10.2. The lowest BCUT2D eigenvalue weighted by molar-refractivity contribution is -0.151. The fraction of sp³-hybridized carbons (Fsp3) is 0.364. The molecule has 27 heavy (non-hydrogen) atoms. The molecule has 2 aromatic carbocycles. The van der Waals surface area contributed by atoms with E-state index in [1.54, 1.807) is 11.8 Å². The Bertz CT molecular complexity index is 864. The molecule has 0 bridgehead atoms. The van der Waals surface area contributed by atoms with Crippen LogP contribution in [-0.2, 0) is 20.7 Å². The first kappa shape index (κ1) is 19.5. The van der Waals surface area contributed by atoms with Crippen molar-refractivity contribution in [3.63, 3.8) is 0 Å². The van der Waals surface area contributed by atoms with Crippen LogP contribution in [0.5, 0.6) is 0 Å². The molecular formula is C22H25NO3S. The van der Waals surface area contributed by atoms with Crippen LogP contribution in [0.15, 0.2) is 47.4 Å². The van der Waals surface area contributed by atoms with Gasteiger partial charge in [-0.1, -0.05) is 24.3 Å². The van der Waals surface area contributed by atoms with E-state index in [1.165, 1.54) is 22.9 Å². The summed E-state index contributed by atoms with van der Waals surface area (Å²) in [5.41, 5.74) is 4.49. The van der Waals surface area contributed by atoms with Gasteiger partial charge in [0, 0.05) is 16.6 Å². The van der Waals surface area contributed by atoms with Gasteiger partial charge in [0.05, 0.1) is 5.75 Å². The summed E-state index contributed by atoms with van der Waals surface area (Å²) in [6.45, 7) is 7.77. The summed E-state index contributed by atoms with van der Waals surface area (Å²) in [7, 11) is 0. The van der Waals surface area contributed by atoms with E-state index in [4.69, 9.17) is 4.74 Å². The van der Waals surface area contributed by atoms with E-state index in [-0.39, 0.29) is 23.7 Å². The highest BCUT2D eigenvalue weighted by atomic mass is 32.2. The van der Waals surface area contributed by atoms with Gasteiger partial charge in [0.15, 0.2) is 6.10 Å². The molecule has 1 aliphatic rings. The van der Waals surface area contributed by atoms with E-state index in [0.717, 1.165) is 22.6 Å². The third-order valence-electron chi connectivity index (χ3n) is 4.94. The van der Waals surface area contributed by atoms with Crippen LogP contribution in [0.1, 0.15) is 30.5 Å². The molecule has 0 spiro atoms. The second-order valence-corrected chi connectivity index (χ2v) is 8.11. The van der Waals surface area contributed by atoms with E-state index in [2.05, 4.69) is 13.0 Å². The van der Waals surface area contributed by atoms with Gasteiger partial charge >= 0.3 is 5.97 Å². The number of nitrogens with zero attached hydrogens (tertiary/aromatic N) is 1.